The Morgan fingerprint density at radius 3 is 2.52 bits per heavy atom. The second-order valence-corrected chi connectivity index (χ2v) is 4.94. The van der Waals surface area contributed by atoms with Gasteiger partial charge < -0.3 is 15.0 Å². The fourth-order valence-corrected chi connectivity index (χ4v) is 2.09. The highest BCUT2D eigenvalue weighted by atomic mass is 16.5. The smallest absolute Gasteiger partial charge is 0.339 e. The minimum Gasteiger partial charge on any atom is -0.462 e. The number of pyridine rings is 1. The van der Waals surface area contributed by atoms with Gasteiger partial charge in [0.2, 0.25) is 0 Å². The highest BCUT2D eigenvalue weighted by molar-refractivity contribution is 5.98. The van der Waals surface area contributed by atoms with Crippen LogP contribution >= 0.6 is 0 Å². The van der Waals surface area contributed by atoms with E-state index in [2.05, 4.69) is 10.3 Å². The number of hydrogen-bond acceptors (Lipinski definition) is 4. The van der Waals surface area contributed by atoms with E-state index >= 15 is 0 Å². The van der Waals surface area contributed by atoms with Crippen molar-refractivity contribution < 1.29 is 14.3 Å². The molecular weight excluding hydrogens is 296 g/mol. The molecule has 23 heavy (non-hydrogen) atoms. The van der Waals surface area contributed by atoms with Gasteiger partial charge in [-0.25, -0.2) is 4.79 Å². The molecule has 0 aliphatic heterocycles. The first kappa shape index (κ1) is 16.5. The molecule has 0 bridgehead atoms. The maximum absolute atomic E-state index is 12.2. The molecule has 2 N–H and O–H groups in total. The first-order chi connectivity index (χ1) is 11.0. The Morgan fingerprint density at radius 1 is 1.17 bits per heavy atom. The standard InChI is InChI=1S/C17H18N2O4/c1-3-23-17(22)13-9-14(16(21)19-11(13)2)15(20)18-10-12-7-5-4-6-8-12/h4-9H,3,10H2,1-2H3,(H,18,20)(H,19,21). The summed E-state index contributed by atoms with van der Waals surface area (Å²) in [6, 6.07) is 10.6. The number of nitrogens with one attached hydrogen (secondary N) is 2. The first-order valence-electron chi connectivity index (χ1n) is 7.26. The van der Waals surface area contributed by atoms with Crippen LogP contribution in [-0.2, 0) is 11.3 Å². The Kier molecular flexibility index (Phi) is 5.30. The lowest BCUT2D eigenvalue weighted by Crippen LogP contribution is -2.30. The van der Waals surface area contributed by atoms with Gasteiger partial charge in [0, 0.05) is 12.2 Å². The SMILES string of the molecule is CCOC(=O)c1cc(C(=O)NCc2ccccc2)c(=O)[nH]c1C. The van der Waals surface area contributed by atoms with Crippen LogP contribution in [0.25, 0.3) is 0 Å². The summed E-state index contributed by atoms with van der Waals surface area (Å²) < 4.78 is 4.92. The predicted molar refractivity (Wildman–Crippen MR) is 85.4 cm³/mol. The molecule has 0 aliphatic carbocycles. The van der Waals surface area contributed by atoms with E-state index in [1.165, 1.54) is 6.07 Å². The van der Waals surface area contributed by atoms with Crippen molar-refractivity contribution in [2.24, 2.45) is 0 Å². The van der Waals surface area contributed by atoms with Gasteiger partial charge in [0.05, 0.1) is 12.2 Å². The van der Waals surface area contributed by atoms with Gasteiger partial charge in [-0.2, -0.15) is 0 Å². The second kappa shape index (κ2) is 7.40. The van der Waals surface area contributed by atoms with Crippen LogP contribution in [0.5, 0.6) is 0 Å². The number of amides is 1. The number of aromatic amines is 1. The van der Waals surface area contributed by atoms with Crippen molar-refractivity contribution in [1.82, 2.24) is 10.3 Å². The van der Waals surface area contributed by atoms with Gasteiger partial charge in [-0.15, -0.1) is 0 Å². The second-order valence-electron chi connectivity index (χ2n) is 4.94. The molecule has 6 nitrogen and oxygen atoms in total. The molecule has 6 heteroatoms. The molecule has 1 amide bonds. The lowest BCUT2D eigenvalue weighted by molar-refractivity contribution is 0.0525. The number of hydrogen-bond donors (Lipinski definition) is 2. The molecule has 0 unspecified atom stereocenters. The van der Waals surface area contributed by atoms with Crippen molar-refractivity contribution in [3.8, 4) is 0 Å². The van der Waals surface area contributed by atoms with E-state index in [-0.39, 0.29) is 17.7 Å². The predicted octanol–water partition coefficient (Wildman–Crippen LogP) is 1.79. The topological polar surface area (TPSA) is 88.3 Å². The average molecular weight is 314 g/mol. The third kappa shape index (κ3) is 4.06. The maximum Gasteiger partial charge on any atom is 0.339 e. The zero-order valence-electron chi connectivity index (χ0n) is 13.0. The van der Waals surface area contributed by atoms with E-state index in [1.807, 2.05) is 30.3 Å². The molecule has 1 aromatic heterocycles. The third-order valence-electron chi connectivity index (χ3n) is 3.27. The number of esters is 1. The molecule has 0 aliphatic rings. The monoisotopic (exact) mass is 314 g/mol. The summed E-state index contributed by atoms with van der Waals surface area (Å²) in [5.41, 5.74) is 0.801. The van der Waals surface area contributed by atoms with Gasteiger partial charge in [-0.1, -0.05) is 30.3 Å². The quantitative estimate of drug-likeness (QED) is 0.824. The third-order valence-corrected chi connectivity index (χ3v) is 3.27. The summed E-state index contributed by atoms with van der Waals surface area (Å²) >= 11 is 0. The van der Waals surface area contributed by atoms with Crippen molar-refractivity contribution in [3.63, 3.8) is 0 Å². The van der Waals surface area contributed by atoms with Crippen molar-refractivity contribution >= 4 is 11.9 Å². The molecule has 2 rings (SSSR count). The van der Waals surface area contributed by atoms with Crippen LogP contribution in [0.15, 0.2) is 41.2 Å². The van der Waals surface area contributed by atoms with Gasteiger partial charge in [-0.05, 0) is 25.5 Å². The molecule has 2 aromatic rings. The first-order valence-corrected chi connectivity index (χ1v) is 7.26. The summed E-state index contributed by atoms with van der Waals surface area (Å²) in [5.74, 6) is -1.11. The maximum atomic E-state index is 12.2. The van der Waals surface area contributed by atoms with E-state index in [0.717, 1.165) is 5.56 Å². The van der Waals surface area contributed by atoms with E-state index in [4.69, 9.17) is 4.74 Å². The number of rotatable bonds is 5. The van der Waals surface area contributed by atoms with Crippen LogP contribution in [-0.4, -0.2) is 23.5 Å². The zero-order chi connectivity index (χ0) is 16.8. The molecular formula is C17H18N2O4. The number of carbonyl (C=O) groups is 2. The van der Waals surface area contributed by atoms with E-state index in [0.29, 0.717) is 12.2 Å². The van der Waals surface area contributed by atoms with Crippen LogP contribution in [0.2, 0.25) is 0 Å². The molecule has 0 fully saturated rings. The summed E-state index contributed by atoms with van der Waals surface area (Å²) in [7, 11) is 0. The number of carbonyl (C=O) groups excluding carboxylic acids is 2. The number of aryl methyl sites for hydroxylation is 1. The minimum absolute atomic E-state index is 0.116. The van der Waals surface area contributed by atoms with Crippen molar-refractivity contribution in [3.05, 3.63) is 69.1 Å². The lowest BCUT2D eigenvalue weighted by Gasteiger charge is -2.09. The zero-order valence-corrected chi connectivity index (χ0v) is 13.0. The molecule has 0 radical (unpaired) electrons. The van der Waals surface area contributed by atoms with Crippen molar-refractivity contribution in [1.29, 1.82) is 0 Å². The van der Waals surface area contributed by atoms with Gasteiger partial charge in [0.15, 0.2) is 0 Å². The average Bonchev–Trinajstić information content (AvgIpc) is 2.54. The molecule has 120 valence electrons. The van der Waals surface area contributed by atoms with Crippen molar-refractivity contribution in [2.45, 2.75) is 20.4 Å². The largest absolute Gasteiger partial charge is 0.462 e. The number of benzene rings is 1. The fourth-order valence-electron chi connectivity index (χ4n) is 2.09. The van der Waals surface area contributed by atoms with Crippen LogP contribution in [0.4, 0.5) is 0 Å². The van der Waals surface area contributed by atoms with E-state index < -0.39 is 17.4 Å². The van der Waals surface area contributed by atoms with Crippen LogP contribution in [0, 0.1) is 6.92 Å². The lowest BCUT2D eigenvalue weighted by atomic mass is 10.1. The minimum atomic E-state index is -0.571. The Labute approximate surface area is 133 Å². The normalized spacial score (nSPS) is 10.2. The number of aromatic nitrogens is 1. The molecule has 0 saturated heterocycles. The van der Waals surface area contributed by atoms with Crippen molar-refractivity contribution in [2.75, 3.05) is 6.61 Å². The molecule has 0 atom stereocenters. The fraction of sp³-hybridized carbons (Fsp3) is 0.235. The summed E-state index contributed by atoms with van der Waals surface area (Å²) in [4.78, 5) is 38.5. The van der Waals surface area contributed by atoms with Crippen LogP contribution in [0.1, 0.15) is 38.9 Å². The molecule has 0 saturated carbocycles. The van der Waals surface area contributed by atoms with E-state index in [1.54, 1.807) is 13.8 Å². The molecule has 0 spiro atoms. The van der Waals surface area contributed by atoms with Gasteiger partial charge in [0.1, 0.15) is 5.56 Å². The molecule has 1 heterocycles. The number of H-pyrrole nitrogens is 1. The molecule has 1 aromatic carbocycles. The van der Waals surface area contributed by atoms with E-state index in [9.17, 15) is 14.4 Å². The number of ether oxygens (including phenoxy) is 1. The summed E-state index contributed by atoms with van der Waals surface area (Å²) in [6.45, 7) is 3.78. The summed E-state index contributed by atoms with van der Waals surface area (Å²) in [5, 5.41) is 2.66. The van der Waals surface area contributed by atoms with Gasteiger partial charge in [-0.3, -0.25) is 9.59 Å². The Hall–Kier alpha value is -2.89. The van der Waals surface area contributed by atoms with Gasteiger partial charge >= 0.3 is 5.97 Å². The Morgan fingerprint density at radius 2 is 1.87 bits per heavy atom. The Bertz CT molecular complexity index is 766. The Balaban J connectivity index is 2.21. The highest BCUT2D eigenvalue weighted by Crippen LogP contribution is 2.08. The summed E-state index contributed by atoms with van der Waals surface area (Å²) in [6.07, 6.45) is 0. The van der Waals surface area contributed by atoms with Gasteiger partial charge in [0.25, 0.3) is 11.5 Å². The highest BCUT2D eigenvalue weighted by Gasteiger charge is 2.17. The van der Waals surface area contributed by atoms with Crippen LogP contribution < -0.4 is 10.9 Å². The van der Waals surface area contributed by atoms with Crippen LogP contribution in [0.3, 0.4) is 0 Å².